The summed E-state index contributed by atoms with van der Waals surface area (Å²) in [6.45, 7) is 6.71. The van der Waals surface area contributed by atoms with Crippen LogP contribution in [-0.4, -0.2) is 82.1 Å². The van der Waals surface area contributed by atoms with Gasteiger partial charge in [0, 0.05) is 32.2 Å². The van der Waals surface area contributed by atoms with Crippen LogP contribution in [0, 0.1) is 0 Å². The third kappa shape index (κ3) is 4.50. The summed E-state index contributed by atoms with van der Waals surface area (Å²) in [5, 5.41) is 3.37. The molecule has 0 aromatic heterocycles. The topological polar surface area (TPSA) is 52.6 Å². The number of hydrogen-bond acceptors (Lipinski definition) is 5. The Morgan fingerprint density at radius 3 is 2.56 bits per heavy atom. The maximum Gasteiger partial charge on any atom is 0.151 e. The van der Waals surface area contributed by atoms with Crippen LogP contribution in [0.4, 0.5) is 0 Å². The van der Waals surface area contributed by atoms with Gasteiger partial charge in [0.1, 0.15) is 0 Å². The first kappa shape index (κ1) is 14.2. The fourth-order valence-electron chi connectivity index (χ4n) is 2.64. The summed E-state index contributed by atoms with van der Waals surface area (Å²) < 4.78 is 22.6. The zero-order valence-electron chi connectivity index (χ0n) is 11.3. The van der Waals surface area contributed by atoms with Gasteiger partial charge >= 0.3 is 0 Å². The van der Waals surface area contributed by atoms with Gasteiger partial charge in [0.2, 0.25) is 0 Å². The smallest absolute Gasteiger partial charge is 0.151 e. The molecular formula is C12H25N3O2S. The molecule has 5 nitrogen and oxygen atoms in total. The van der Waals surface area contributed by atoms with E-state index in [2.05, 4.69) is 22.2 Å². The zero-order valence-corrected chi connectivity index (χ0v) is 12.1. The molecule has 0 spiro atoms. The summed E-state index contributed by atoms with van der Waals surface area (Å²) in [5.74, 6) is 0.699. The van der Waals surface area contributed by atoms with E-state index in [0.29, 0.717) is 11.5 Å². The van der Waals surface area contributed by atoms with Gasteiger partial charge < -0.3 is 15.1 Å². The van der Waals surface area contributed by atoms with Crippen molar-refractivity contribution in [3.8, 4) is 0 Å². The first-order chi connectivity index (χ1) is 8.55. The number of nitrogens with one attached hydrogen (secondary N) is 1. The first-order valence-electron chi connectivity index (χ1n) is 6.90. The highest BCUT2D eigenvalue weighted by Crippen LogP contribution is 2.11. The summed E-state index contributed by atoms with van der Waals surface area (Å²) in [7, 11) is -0.572. The Hall–Kier alpha value is -0.170. The molecule has 0 amide bonds. The predicted octanol–water partition coefficient (Wildman–Crippen LogP) is -0.599. The third-order valence-corrected chi connectivity index (χ3v) is 5.68. The van der Waals surface area contributed by atoms with E-state index in [-0.39, 0.29) is 6.04 Å². The number of rotatable bonds is 5. The molecule has 2 fully saturated rings. The maximum absolute atomic E-state index is 11.3. The van der Waals surface area contributed by atoms with Crippen LogP contribution in [0.1, 0.15) is 12.8 Å². The summed E-state index contributed by atoms with van der Waals surface area (Å²) >= 11 is 0. The van der Waals surface area contributed by atoms with E-state index in [4.69, 9.17) is 0 Å². The van der Waals surface area contributed by atoms with Crippen molar-refractivity contribution in [2.45, 2.75) is 18.9 Å². The van der Waals surface area contributed by atoms with Gasteiger partial charge in [-0.2, -0.15) is 0 Å². The molecule has 0 saturated carbocycles. The van der Waals surface area contributed by atoms with Crippen LogP contribution in [0.25, 0.3) is 0 Å². The van der Waals surface area contributed by atoms with Crippen LogP contribution < -0.4 is 5.32 Å². The number of sulfone groups is 1. The lowest BCUT2D eigenvalue weighted by Gasteiger charge is -2.32. The highest BCUT2D eigenvalue weighted by Gasteiger charge is 2.27. The van der Waals surface area contributed by atoms with E-state index in [1.165, 1.54) is 0 Å². The van der Waals surface area contributed by atoms with E-state index in [9.17, 15) is 8.42 Å². The highest BCUT2D eigenvalue weighted by molar-refractivity contribution is 7.91. The molecule has 1 unspecified atom stereocenters. The lowest BCUT2D eigenvalue weighted by Crippen LogP contribution is -2.45. The molecule has 0 bridgehead atoms. The summed E-state index contributed by atoms with van der Waals surface area (Å²) in [6.07, 6.45) is 1.90. The van der Waals surface area contributed by atoms with E-state index >= 15 is 0 Å². The van der Waals surface area contributed by atoms with Crippen LogP contribution >= 0.6 is 0 Å². The van der Waals surface area contributed by atoms with E-state index in [1.807, 2.05) is 0 Å². The molecule has 0 aliphatic carbocycles. The fourth-order valence-corrected chi connectivity index (χ4v) is 4.34. The van der Waals surface area contributed by atoms with Crippen LogP contribution in [0.3, 0.4) is 0 Å². The monoisotopic (exact) mass is 275 g/mol. The molecule has 106 valence electrons. The van der Waals surface area contributed by atoms with Crippen molar-refractivity contribution < 1.29 is 8.42 Å². The van der Waals surface area contributed by atoms with Gasteiger partial charge in [-0.25, -0.2) is 8.42 Å². The Labute approximate surface area is 110 Å². The first-order valence-corrected chi connectivity index (χ1v) is 8.72. The zero-order chi connectivity index (χ0) is 13.0. The molecule has 1 atom stereocenters. The van der Waals surface area contributed by atoms with Gasteiger partial charge in [0.15, 0.2) is 9.84 Å². The maximum atomic E-state index is 11.3. The third-order valence-electron chi connectivity index (χ3n) is 3.91. The lowest BCUT2D eigenvalue weighted by atomic mass is 10.2. The highest BCUT2D eigenvalue weighted by atomic mass is 32.2. The minimum atomic E-state index is -2.74. The minimum Gasteiger partial charge on any atom is -0.313 e. The normalized spacial score (nSPS) is 29.7. The molecular weight excluding hydrogens is 250 g/mol. The van der Waals surface area contributed by atoms with Crippen molar-refractivity contribution in [1.29, 1.82) is 0 Å². The Balaban J connectivity index is 1.54. The summed E-state index contributed by atoms with van der Waals surface area (Å²) in [5.41, 5.74) is 0. The van der Waals surface area contributed by atoms with Crippen LogP contribution in [-0.2, 0) is 9.84 Å². The SMILES string of the molecule is CN1CCN(CCCNC2CCS(=O)(=O)C2)CC1. The van der Waals surface area contributed by atoms with Gasteiger partial charge in [-0.15, -0.1) is 0 Å². The Bertz CT molecular complexity index is 350. The molecule has 2 saturated heterocycles. The Morgan fingerprint density at radius 1 is 1.22 bits per heavy atom. The molecule has 1 N–H and O–H groups in total. The fraction of sp³-hybridized carbons (Fsp3) is 1.00. The number of hydrogen-bond donors (Lipinski definition) is 1. The molecule has 2 rings (SSSR count). The average molecular weight is 275 g/mol. The van der Waals surface area contributed by atoms with Gasteiger partial charge in [0.05, 0.1) is 11.5 Å². The van der Waals surface area contributed by atoms with Crippen molar-refractivity contribution >= 4 is 9.84 Å². The molecule has 2 aliphatic rings. The van der Waals surface area contributed by atoms with Crippen molar-refractivity contribution in [3.63, 3.8) is 0 Å². The van der Waals surface area contributed by atoms with Crippen LogP contribution in [0.5, 0.6) is 0 Å². The van der Waals surface area contributed by atoms with Crippen molar-refractivity contribution in [1.82, 2.24) is 15.1 Å². The number of likely N-dealkylation sites (N-methyl/N-ethyl adjacent to an activating group) is 1. The second kappa shape index (κ2) is 6.32. The molecule has 2 aliphatic heterocycles. The Kier molecular flexibility index (Phi) is 5.00. The molecule has 0 radical (unpaired) electrons. The van der Waals surface area contributed by atoms with Crippen molar-refractivity contribution in [3.05, 3.63) is 0 Å². The lowest BCUT2D eigenvalue weighted by molar-refractivity contribution is 0.152. The minimum absolute atomic E-state index is 0.197. The van der Waals surface area contributed by atoms with Crippen LogP contribution in [0.15, 0.2) is 0 Å². The second-order valence-corrected chi connectivity index (χ2v) is 7.78. The van der Waals surface area contributed by atoms with Gasteiger partial charge in [-0.1, -0.05) is 0 Å². The molecule has 6 heteroatoms. The summed E-state index contributed by atoms with van der Waals surface area (Å²) in [6, 6.07) is 0.197. The quantitative estimate of drug-likeness (QED) is 0.679. The molecule has 0 aromatic rings. The number of nitrogens with zero attached hydrogens (tertiary/aromatic N) is 2. The Morgan fingerprint density at radius 2 is 1.94 bits per heavy atom. The number of piperazine rings is 1. The average Bonchev–Trinajstić information content (AvgIpc) is 2.67. The van der Waals surface area contributed by atoms with E-state index in [0.717, 1.165) is 52.1 Å². The standard InChI is InChI=1S/C12H25N3O2S/c1-14-6-8-15(9-7-14)5-2-4-13-12-3-10-18(16,17)11-12/h12-13H,2-11H2,1H3. The molecule has 18 heavy (non-hydrogen) atoms. The van der Waals surface area contributed by atoms with E-state index < -0.39 is 9.84 Å². The molecule has 0 aromatic carbocycles. The second-order valence-electron chi connectivity index (χ2n) is 5.55. The predicted molar refractivity (Wildman–Crippen MR) is 73.6 cm³/mol. The van der Waals surface area contributed by atoms with Gasteiger partial charge in [0.25, 0.3) is 0 Å². The largest absolute Gasteiger partial charge is 0.313 e. The van der Waals surface area contributed by atoms with Crippen molar-refractivity contribution in [2.24, 2.45) is 0 Å². The van der Waals surface area contributed by atoms with E-state index in [1.54, 1.807) is 0 Å². The van der Waals surface area contributed by atoms with Gasteiger partial charge in [-0.05, 0) is 33.0 Å². The van der Waals surface area contributed by atoms with Crippen LogP contribution in [0.2, 0.25) is 0 Å². The summed E-state index contributed by atoms with van der Waals surface area (Å²) in [4.78, 5) is 4.85. The van der Waals surface area contributed by atoms with Gasteiger partial charge in [-0.3, -0.25) is 0 Å². The van der Waals surface area contributed by atoms with Crippen molar-refractivity contribution in [2.75, 3.05) is 57.8 Å². The molecule has 2 heterocycles.